The highest BCUT2D eigenvalue weighted by Crippen LogP contribution is 2.31. The highest BCUT2D eigenvalue weighted by atomic mass is 19.2. The number of hydrogen-bond donors (Lipinski definition) is 1. The van der Waals surface area contributed by atoms with Crippen LogP contribution in [-0.4, -0.2) is 38.6 Å². The van der Waals surface area contributed by atoms with Crippen molar-refractivity contribution in [3.05, 3.63) is 88.5 Å². The highest BCUT2D eigenvalue weighted by Gasteiger charge is 2.31. The van der Waals surface area contributed by atoms with Gasteiger partial charge in [0.15, 0.2) is 23.2 Å². The fraction of sp³-hybridized carbons (Fsp3) is 0.280. The first kappa shape index (κ1) is 23.4. The zero-order valence-electron chi connectivity index (χ0n) is 19.1. The molecule has 3 aromatic rings. The van der Waals surface area contributed by atoms with Crippen molar-refractivity contribution >= 4 is 11.9 Å². The summed E-state index contributed by atoms with van der Waals surface area (Å²) >= 11 is 0. The Balaban J connectivity index is 1.65. The van der Waals surface area contributed by atoms with Crippen molar-refractivity contribution in [2.24, 2.45) is 5.16 Å². The third-order valence-corrected chi connectivity index (χ3v) is 5.84. The Labute approximate surface area is 195 Å². The summed E-state index contributed by atoms with van der Waals surface area (Å²) in [6.45, 7) is 6.33. The maximum Gasteiger partial charge on any atom is 0.211 e. The van der Waals surface area contributed by atoms with Crippen molar-refractivity contribution < 1.29 is 23.1 Å². The van der Waals surface area contributed by atoms with E-state index < -0.39 is 23.5 Å². The van der Waals surface area contributed by atoms with Crippen molar-refractivity contribution in [3.63, 3.8) is 0 Å². The van der Waals surface area contributed by atoms with Crippen LogP contribution in [0.1, 0.15) is 41.8 Å². The second kappa shape index (κ2) is 9.62. The number of hydrogen-bond acceptors (Lipinski definition) is 4. The molecule has 1 atom stereocenters. The molecule has 0 saturated carbocycles. The van der Waals surface area contributed by atoms with Crippen LogP contribution in [0.15, 0.2) is 53.8 Å². The molecule has 1 aliphatic heterocycles. The van der Waals surface area contributed by atoms with Gasteiger partial charge in [0, 0.05) is 11.9 Å². The SMILES string of the molecule is CCC(c1cc(F)c(F)c(F)c1)N1CCOC(=C\c2ccc(-n3cnc(C)c3)c(C)c2)/C1=N\O. The minimum absolute atomic E-state index is 0.134. The summed E-state index contributed by atoms with van der Waals surface area (Å²) in [5.74, 6) is -3.58. The number of amidine groups is 1. The number of aromatic nitrogens is 2. The first-order chi connectivity index (χ1) is 16.3. The first-order valence-electron chi connectivity index (χ1n) is 10.9. The zero-order valence-corrected chi connectivity index (χ0v) is 19.1. The van der Waals surface area contributed by atoms with Gasteiger partial charge in [-0.05, 0) is 67.3 Å². The van der Waals surface area contributed by atoms with Crippen LogP contribution in [0.5, 0.6) is 0 Å². The topological polar surface area (TPSA) is 62.9 Å². The maximum absolute atomic E-state index is 13.9. The van der Waals surface area contributed by atoms with E-state index in [1.807, 2.05) is 49.7 Å². The fourth-order valence-corrected chi connectivity index (χ4v) is 4.25. The second-order valence-corrected chi connectivity index (χ2v) is 8.16. The number of oxime groups is 1. The van der Waals surface area contributed by atoms with Gasteiger partial charge in [-0.1, -0.05) is 18.1 Å². The van der Waals surface area contributed by atoms with Crippen LogP contribution in [0.2, 0.25) is 0 Å². The van der Waals surface area contributed by atoms with Crippen LogP contribution >= 0.6 is 0 Å². The molecule has 2 heterocycles. The predicted octanol–water partition coefficient (Wildman–Crippen LogP) is 5.52. The molecule has 34 heavy (non-hydrogen) atoms. The van der Waals surface area contributed by atoms with E-state index in [0.29, 0.717) is 18.7 Å². The molecule has 1 N–H and O–H groups in total. The average Bonchev–Trinajstić information content (AvgIpc) is 3.24. The van der Waals surface area contributed by atoms with Crippen molar-refractivity contribution in [2.45, 2.75) is 33.2 Å². The van der Waals surface area contributed by atoms with Crippen molar-refractivity contribution in [3.8, 4) is 5.69 Å². The van der Waals surface area contributed by atoms with Gasteiger partial charge in [0.2, 0.25) is 5.84 Å². The summed E-state index contributed by atoms with van der Waals surface area (Å²) in [6.07, 6.45) is 5.87. The average molecular weight is 470 g/mol. The van der Waals surface area contributed by atoms with Crippen LogP contribution < -0.4 is 0 Å². The molecule has 0 bridgehead atoms. The molecule has 1 fully saturated rings. The summed E-state index contributed by atoms with van der Waals surface area (Å²) < 4.78 is 49.0. The molecule has 6 nitrogen and oxygen atoms in total. The Morgan fingerprint density at radius 3 is 2.50 bits per heavy atom. The normalized spacial score (nSPS) is 17.3. The lowest BCUT2D eigenvalue weighted by atomic mass is 10.0. The van der Waals surface area contributed by atoms with Crippen LogP contribution in [0, 0.1) is 31.3 Å². The van der Waals surface area contributed by atoms with E-state index in [9.17, 15) is 18.4 Å². The Bertz CT molecular complexity index is 1250. The van der Waals surface area contributed by atoms with E-state index in [2.05, 4.69) is 10.1 Å². The zero-order chi connectivity index (χ0) is 24.4. The Morgan fingerprint density at radius 1 is 1.18 bits per heavy atom. The quantitative estimate of drug-likeness (QED) is 0.303. The number of halogens is 3. The standard InChI is InChI=1S/C25H25F3N4O2/c1-4-21(18-11-19(26)24(28)20(27)12-18)32-7-8-34-23(25(32)30-33)10-17-5-6-22(15(2)9-17)31-13-16(3)29-14-31/h5-6,9-14,21,33H,4,7-8H2,1-3H3/b23-10-,30-25+. The molecular formula is C25H25F3N4O2. The minimum Gasteiger partial charge on any atom is -0.488 e. The third kappa shape index (κ3) is 4.50. The second-order valence-electron chi connectivity index (χ2n) is 8.16. The van der Waals surface area contributed by atoms with Gasteiger partial charge in [0.1, 0.15) is 6.61 Å². The molecule has 4 rings (SSSR count). The Kier molecular flexibility index (Phi) is 6.63. The number of rotatable bonds is 5. The minimum atomic E-state index is -1.51. The van der Waals surface area contributed by atoms with Gasteiger partial charge in [-0.25, -0.2) is 18.2 Å². The lowest BCUT2D eigenvalue weighted by molar-refractivity contribution is 0.138. The fourth-order valence-electron chi connectivity index (χ4n) is 4.25. The molecule has 9 heteroatoms. The molecule has 178 valence electrons. The van der Waals surface area contributed by atoms with E-state index >= 15 is 0 Å². The van der Waals surface area contributed by atoms with Gasteiger partial charge in [0.05, 0.1) is 24.6 Å². The summed E-state index contributed by atoms with van der Waals surface area (Å²) in [6, 6.07) is 7.23. The van der Waals surface area contributed by atoms with Crippen molar-refractivity contribution in [2.75, 3.05) is 13.2 Å². The van der Waals surface area contributed by atoms with Gasteiger partial charge in [-0.15, -0.1) is 0 Å². The van der Waals surface area contributed by atoms with Crippen molar-refractivity contribution in [1.29, 1.82) is 0 Å². The molecule has 1 unspecified atom stereocenters. The van der Waals surface area contributed by atoms with E-state index in [1.165, 1.54) is 0 Å². The van der Waals surface area contributed by atoms with Gasteiger partial charge < -0.3 is 19.4 Å². The number of morpholine rings is 1. The number of ether oxygens (including phenoxy) is 1. The first-order valence-corrected chi connectivity index (χ1v) is 10.9. The van der Waals surface area contributed by atoms with E-state index in [4.69, 9.17) is 4.74 Å². The van der Waals surface area contributed by atoms with Crippen molar-refractivity contribution in [1.82, 2.24) is 14.5 Å². The predicted molar refractivity (Wildman–Crippen MR) is 122 cm³/mol. The van der Waals surface area contributed by atoms with Crippen LogP contribution in [0.4, 0.5) is 13.2 Å². The van der Waals surface area contributed by atoms with Crippen LogP contribution in [0.3, 0.4) is 0 Å². The molecular weight excluding hydrogens is 445 g/mol. The summed E-state index contributed by atoms with van der Waals surface area (Å²) in [5.41, 5.74) is 3.97. The number of benzene rings is 2. The Morgan fingerprint density at radius 2 is 1.91 bits per heavy atom. The van der Waals surface area contributed by atoms with E-state index in [1.54, 1.807) is 17.3 Å². The number of nitrogens with zero attached hydrogens (tertiary/aromatic N) is 4. The molecule has 0 amide bonds. The third-order valence-electron chi connectivity index (χ3n) is 5.84. The van der Waals surface area contributed by atoms with E-state index in [-0.39, 0.29) is 18.0 Å². The van der Waals surface area contributed by atoms with E-state index in [0.717, 1.165) is 34.6 Å². The number of aryl methyl sites for hydroxylation is 2. The Hall–Kier alpha value is -3.75. The van der Waals surface area contributed by atoms with Gasteiger partial charge in [-0.2, -0.15) is 0 Å². The molecule has 0 aliphatic carbocycles. The molecule has 1 aromatic heterocycles. The summed E-state index contributed by atoms with van der Waals surface area (Å²) in [7, 11) is 0. The smallest absolute Gasteiger partial charge is 0.211 e. The lowest BCUT2D eigenvalue weighted by Crippen LogP contribution is -2.42. The molecule has 0 radical (unpaired) electrons. The summed E-state index contributed by atoms with van der Waals surface area (Å²) in [5, 5.41) is 13.2. The van der Waals surface area contributed by atoms with Gasteiger partial charge in [0.25, 0.3) is 0 Å². The maximum atomic E-state index is 13.9. The molecule has 0 spiro atoms. The molecule has 2 aromatic carbocycles. The monoisotopic (exact) mass is 470 g/mol. The van der Waals surface area contributed by atoms with Crippen LogP contribution in [-0.2, 0) is 4.74 Å². The molecule has 1 aliphatic rings. The number of imidazole rings is 1. The van der Waals surface area contributed by atoms with Gasteiger partial charge in [-0.3, -0.25) is 0 Å². The lowest BCUT2D eigenvalue weighted by Gasteiger charge is -2.37. The highest BCUT2D eigenvalue weighted by molar-refractivity contribution is 6.00. The largest absolute Gasteiger partial charge is 0.488 e. The van der Waals surface area contributed by atoms with Gasteiger partial charge >= 0.3 is 0 Å². The molecule has 1 saturated heterocycles. The summed E-state index contributed by atoms with van der Waals surface area (Å²) in [4.78, 5) is 5.96. The van der Waals surface area contributed by atoms with Crippen LogP contribution in [0.25, 0.3) is 11.8 Å².